The van der Waals surface area contributed by atoms with Crippen LogP contribution in [0.25, 0.3) is 10.9 Å². The highest BCUT2D eigenvalue weighted by atomic mass is 79.9. The predicted octanol–water partition coefficient (Wildman–Crippen LogP) is 4.15. The number of hydrogen-bond acceptors (Lipinski definition) is 7. The summed E-state index contributed by atoms with van der Waals surface area (Å²) >= 11 is 3.36. The Labute approximate surface area is 185 Å². The van der Waals surface area contributed by atoms with Gasteiger partial charge in [-0.1, -0.05) is 36.7 Å². The topological polar surface area (TPSA) is 123 Å². The molecule has 0 bridgehead atoms. The second kappa shape index (κ2) is 8.65. The Balaban J connectivity index is 2.22. The average Bonchev–Trinajstić information content (AvgIpc) is 2.71. The monoisotopic (exact) mass is 483 g/mol. The van der Waals surface area contributed by atoms with Gasteiger partial charge in [-0.2, -0.15) is 15.0 Å². The molecular weight excluding hydrogens is 466 g/mol. The molecule has 0 aliphatic carbocycles. The first kappa shape index (κ1) is 22.1. The van der Waals surface area contributed by atoms with Crippen LogP contribution in [-0.4, -0.2) is 27.4 Å². The molecule has 1 heterocycles. The number of benzene rings is 2. The highest BCUT2D eigenvalue weighted by molar-refractivity contribution is 9.10. The Kier molecular flexibility index (Phi) is 6.17. The van der Waals surface area contributed by atoms with Gasteiger partial charge in [-0.15, -0.1) is 0 Å². The van der Waals surface area contributed by atoms with Gasteiger partial charge in [0.2, 0.25) is 0 Å². The lowest BCUT2D eigenvalue weighted by Gasteiger charge is -2.21. The molecule has 0 spiro atoms. The fraction of sp³-hybridized carbons (Fsp3) is 0.238. The van der Waals surface area contributed by atoms with E-state index in [2.05, 4.69) is 26.0 Å². The highest BCUT2D eigenvalue weighted by Gasteiger charge is 2.23. The number of fused-ring (bicyclic) bond motifs is 1. The van der Waals surface area contributed by atoms with Gasteiger partial charge in [0.1, 0.15) is 17.6 Å². The third-order valence-electron chi connectivity index (χ3n) is 4.29. The van der Waals surface area contributed by atoms with E-state index in [4.69, 9.17) is 10.00 Å². The number of nitro benzene ring substituents is 1. The largest absolute Gasteiger partial charge is 0.478 e. The molecule has 0 aliphatic rings. The summed E-state index contributed by atoms with van der Waals surface area (Å²) in [5.74, 6) is 0.659. The van der Waals surface area contributed by atoms with Crippen LogP contribution in [0.1, 0.15) is 32.2 Å². The Bertz CT molecular complexity index is 1300. The van der Waals surface area contributed by atoms with Crippen LogP contribution < -0.4 is 10.3 Å². The summed E-state index contributed by atoms with van der Waals surface area (Å²) in [5.41, 5.74) is -0.267. The molecule has 3 aromatic rings. The third-order valence-corrected chi connectivity index (χ3v) is 4.78. The molecule has 3 rings (SSSR count). The van der Waals surface area contributed by atoms with Crippen LogP contribution in [0.5, 0.6) is 5.75 Å². The van der Waals surface area contributed by atoms with Crippen molar-refractivity contribution in [2.45, 2.75) is 26.2 Å². The minimum absolute atomic E-state index is 0.172. The summed E-state index contributed by atoms with van der Waals surface area (Å²) < 4.78 is 7.25. The molecular formula is C21H18BrN5O4. The average molecular weight is 484 g/mol. The van der Waals surface area contributed by atoms with E-state index in [0.717, 1.165) is 4.47 Å². The molecule has 0 unspecified atom stereocenters. The lowest BCUT2D eigenvalue weighted by Crippen LogP contribution is -2.29. The van der Waals surface area contributed by atoms with E-state index in [1.54, 1.807) is 18.2 Å². The van der Waals surface area contributed by atoms with Gasteiger partial charge in [-0.25, -0.2) is 4.98 Å². The molecule has 0 aliphatic heterocycles. The Morgan fingerprint density at radius 1 is 1.32 bits per heavy atom. The van der Waals surface area contributed by atoms with Gasteiger partial charge in [0, 0.05) is 27.6 Å². The molecule has 1 aromatic heterocycles. The zero-order valence-corrected chi connectivity index (χ0v) is 18.6. The van der Waals surface area contributed by atoms with Crippen LogP contribution in [-0.2, 0) is 5.41 Å². The van der Waals surface area contributed by atoms with Crippen LogP contribution in [0.15, 0.2) is 50.8 Å². The van der Waals surface area contributed by atoms with E-state index >= 15 is 0 Å². The van der Waals surface area contributed by atoms with Crippen molar-refractivity contribution in [1.82, 2.24) is 9.66 Å². The fourth-order valence-corrected chi connectivity index (χ4v) is 3.21. The number of nitrogens with zero attached hydrogens (tertiary/aromatic N) is 5. The number of nitro groups is 1. The fourth-order valence-electron chi connectivity index (χ4n) is 2.85. The second-order valence-corrected chi connectivity index (χ2v) is 8.55. The van der Waals surface area contributed by atoms with Gasteiger partial charge in [0.05, 0.1) is 22.0 Å². The smallest absolute Gasteiger partial charge is 0.282 e. The van der Waals surface area contributed by atoms with Crippen molar-refractivity contribution in [3.63, 3.8) is 0 Å². The molecule has 158 valence electrons. The molecule has 2 aromatic carbocycles. The van der Waals surface area contributed by atoms with E-state index in [-0.39, 0.29) is 29.2 Å². The molecule has 9 nitrogen and oxygen atoms in total. The number of ether oxygens (including phenoxy) is 1. The summed E-state index contributed by atoms with van der Waals surface area (Å²) in [6.07, 6.45) is 1.29. The van der Waals surface area contributed by atoms with Crippen molar-refractivity contribution in [3.8, 4) is 11.8 Å². The van der Waals surface area contributed by atoms with Crippen molar-refractivity contribution in [1.29, 1.82) is 5.26 Å². The molecule has 0 fully saturated rings. The first-order valence-corrected chi connectivity index (χ1v) is 9.96. The van der Waals surface area contributed by atoms with Gasteiger partial charge in [0.25, 0.3) is 11.2 Å². The standard InChI is InChI=1S/C21H18BrN5O4/c1-21(2,3)20-25-17-6-4-14(22)11-16(17)19(28)26(20)24-12-13-10-15(27(29)30)5-7-18(13)31-9-8-23/h4-7,10-12H,9H2,1-3H3. The van der Waals surface area contributed by atoms with Crippen molar-refractivity contribution in [2.24, 2.45) is 5.10 Å². The molecule has 0 N–H and O–H groups in total. The van der Waals surface area contributed by atoms with Crippen molar-refractivity contribution in [3.05, 3.63) is 72.7 Å². The van der Waals surface area contributed by atoms with Crippen molar-refractivity contribution >= 4 is 38.7 Å². The maximum Gasteiger partial charge on any atom is 0.282 e. The number of rotatable bonds is 5. The Morgan fingerprint density at radius 2 is 2.06 bits per heavy atom. The molecule has 0 radical (unpaired) electrons. The summed E-state index contributed by atoms with van der Waals surface area (Å²) in [5, 5.41) is 24.6. The quantitative estimate of drug-likeness (QED) is 0.305. The first-order valence-electron chi connectivity index (χ1n) is 9.17. The normalized spacial score (nSPS) is 11.6. The molecule has 0 amide bonds. The molecule has 31 heavy (non-hydrogen) atoms. The van der Waals surface area contributed by atoms with Crippen molar-refractivity contribution < 1.29 is 9.66 Å². The van der Waals surface area contributed by atoms with Crippen molar-refractivity contribution in [2.75, 3.05) is 6.61 Å². The van der Waals surface area contributed by atoms with Crippen LogP contribution in [0.2, 0.25) is 0 Å². The van der Waals surface area contributed by atoms with E-state index in [9.17, 15) is 14.9 Å². The maximum absolute atomic E-state index is 13.2. The molecule has 10 heteroatoms. The Hall–Kier alpha value is -3.58. The third kappa shape index (κ3) is 4.78. The first-order chi connectivity index (χ1) is 14.6. The number of hydrogen-bond donors (Lipinski definition) is 0. The maximum atomic E-state index is 13.2. The van der Waals surface area contributed by atoms with Gasteiger partial charge in [0.15, 0.2) is 6.61 Å². The van der Waals surface area contributed by atoms with Crippen LogP contribution in [0, 0.1) is 21.4 Å². The summed E-state index contributed by atoms with van der Waals surface area (Å²) in [4.78, 5) is 28.5. The highest BCUT2D eigenvalue weighted by Crippen LogP contribution is 2.25. The second-order valence-electron chi connectivity index (χ2n) is 7.63. The summed E-state index contributed by atoms with van der Waals surface area (Å²) in [7, 11) is 0. The van der Waals surface area contributed by atoms with E-state index in [1.165, 1.54) is 29.1 Å². The minimum atomic E-state index is -0.548. The molecule has 0 saturated heterocycles. The SMILES string of the molecule is CC(C)(C)c1nc2ccc(Br)cc2c(=O)n1N=Cc1cc([N+](=O)[O-])ccc1OCC#N. The summed E-state index contributed by atoms with van der Waals surface area (Å²) in [6, 6.07) is 11.0. The van der Waals surface area contributed by atoms with Crippen LogP contribution in [0.4, 0.5) is 5.69 Å². The van der Waals surface area contributed by atoms with Gasteiger partial charge in [-0.3, -0.25) is 14.9 Å². The van der Waals surface area contributed by atoms with E-state index in [1.807, 2.05) is 26.8 Å². The molecule has 0 saturated carbocycles. The summed E-state index contributed by atoms with van der Waals surface area (Å²) in [6.45, 7) is 5.47. The number of halogens is 1. The minimum Gasteiger partial charge on any atom is -0.478 e. The zero-order valence-electron chi connectivity index (χ0n) is 17.0. The number of non-ortho nitro benzene ring substituents is 1. The van der Waals surface area contributed by atoms with Gasteiger partial charge in [-0.05, 0) is 24.3 Å². The lowest BCUT2D eigenvalue weighted by atomic mass is 9.95. The predicted molar refractivity (Wildman–Crippen MR) is 120 cm³/mol. The van der Waals surface area contributed by atoms with E-state index < -0.39 is 10.3 Å². The van der Waals surface area contributed by atoms with Gasteiger partial charge < -0.3 is 4.74 Å². The van der Waals surface area contributed by atoms with E-state index in [0.29, 0.717) is 16.7 Å². The lowest BCUT2D eigenvalue weighted by molar-refractivity contribution is -0.384. The van der Waals surface area contributed by atoms with Gasteiger partial charge >= 0.3 is 0 Å². The molecule has 0 atom stereocenters. The van der Waals surface area contributed by atoms with Crippen LogP contribution >= 0.6 is 15.9 Å². The Morgan fingerprint density at radius 3 is 2.71 bits per heavy atom. The zero-order chi connectivity index (χ0) is 22.8. The van der Waals surface area contributed by atoms with Crippen LogP contribution in [0.3, 0.4) is 0 Å². The number of nitriles is 1. The number of aromatic nitrogens is 2.